The SMILES string of the molecule is CC(=O)N=C1C(=O)Oc2ccccc21. The topological polar surface area (TPSA) is 55.7 Å². The number of hydrogen-bond donors (Lipinski definition) is 0. The molecule has 1 heterocycles. The number of nitrogens with zero attached hydrogens (tertiary/aromatic N) is 1. The van der Waals surface area contributed by atoms with Gasteiger partial charge in [-0.3, -0.25) is 4.79 Å². The van der Waals surface area contributed by atoms with E-state index in [-0.39, 0.29) is 5.71 Å². The summed E-state index contributed by atoms with van der Waals surface area (Å²) in [4.78, 5) is 25.6. The van der Waals surface area contributed by atoms with Crippen LogP contribution >= 0.6 is 0 Å². The van der Waals surface area contributed by atoms with E-state index < -0.39 is 11.9 Å². The number of carbonyl (C=O) groups excluding carboxylic acids is 2. The van der Waals surface area contributed by atoms with E-state index in [1.54, 1.807) is 24.3 Å². The second-order valence-corrected chi connectivity index (χ2v) is 2.87. The fourth-order valence-electron chi connectivity index (χ4n) is 1.27. The number of para-hydroxylation sites is 1. The molecule has 0 spiro atoms. The highest BCUT2D eigenvalue weighted by Crippen LogP contribution is 2.25. The molecular weight excluding hydrogens is 182 g/mol. The summed E-state index contributed by atoms with van der Waals surface area (Å²) in [6, 6.07) is 6.87. The van der Waals surface area contributed by atoms with Gasteiger partial charge in [-0.2, -0.15) is 0 Å². The second-order valence-electron chi connectivity index (χ2n) is 2.87. The van der Waals surface area contributed by atoms with Crippen molar-refractivity contribution in [2.75, 3.05) is 0 Å². The Morgan fingerprint density at radius 2 is 2.07 bits per heavy atom. The van der Waals surface area contributed by atoms with Gasteiger partial charge in [0.25, 0.3) is 0 Å². The normalized spacial score (nSPS) is 16.6. The minimum atomic E-state index is -0.568. The first-order valence-electron chi connectivity index (χ1n) is 4.09. The van der Waals surface area contributed by atoms with Crippen LogP contribution in [0.3, 0.4) is 0 Å². The van der Waals surface area contributed by atoms with Crippen LogP contribution in [-0.2, 0) is 9.59 Å². The molecule has 0 aliphatic carbocycles. The Kier molecular flexibility index (Phi) is 1.89. The predicted molar refractivity (Wildman–Crippen MR) is 49.3 cm³/mol. The third-order valence-electron chi connectivity index (χ3n) is 1.81. The minimum Gasteiger partial charge on any atom is -0.421 e. The maximum atomic E-state index is 11.3. The van der Waals surface area contributed by atoms with Crippen LogP contribution < -0.4 is 4.74 Å². The number of ether oxygens (including phenoxy) is 1. The summed E-state index contributed by atoms with van der Waals surface area (Å²) in [5, 5.41) is 0. The van der Waals surface area contributed by atoms with E-state index in [0.717, 1.165) is 0 Å². The number of fused-ring (bicyclic) bond motifs is 1. The molecule has 0 radical (unpaired) electrons. The Morgan fingerprint density at radius 3 is 2.79 bits per heavy atom. The Balaban J connectivity index is 2.55. The number of rotatable bonds is 0. The smallest absolute Gasteiger partial charge is 0.363 e. The molecule has 1 aliphatic rings. The molecule has 70 valence electrons. The highest BCUT2D eigenvalue weighted by molar-refractivity contribution is 6.48. The quantitative estimate of drug-likeness (QED) is 0.451. The molecule has 0 atom stereocenters. The molecule has 4 nitrogen and oxygen atoms in total. The van der Waals surface area contributed by atoms with Crippen LogP contribution in [0, 0.1) is 0 Å². The lowest BCUT2D eigenvalue weighted by Gasteiger charge is -1.91. The van der Waals surface area contributed by atoms with Crippen LogP contribution in [0.4, 0.5) is 0 Å². The number of amides is 1. The van der Waals surface area contributed by atoms with Gasteiger partial charge in [0, 0.05) is 6.92 Å². The van der Waals surface area contributed by atoms with Gasteiger partial charge < -0.3 is 4.74 Å². The van der Waals surface area contributed by atoms with E-state index in [1.807, 2.05) is 0 Å². The molecule has 0 saturated carbocycles. The first-order chi connectivity index (χ1) is 6.68. The highest BCUT2D eigenvalue weighted by Gasteiger charge is 2.28. The van der Waals surface area contributed by atoms with Gasteiger partial charge in [0.2, 0.25) is 5.91 Å². The Morgan fingerprint density at radius 1 is 1.36 bits per heavy atom. The lowest BCUT2D eigenvalue weighted by molar-refractivity contribution is -0.126. The van der Waals surface area contributed by atoms with Crippen LogP contribution in [0.25, 0.3) is 0 Å². The highest BCUT2D eigenvalue weighted by atomic mass is 16.5. The summed E-state index contributed by atoms with van der Waals surface area (Å²) in [6.07, 6.45) is 0. The molecule has 1 aromatic carbocycles. The van der Waals surface area contributed by atoms with E-state index in [0.29, 0.717) is 11.3 Å². The van der Waals surface area contributed by atoms with Crippen LogP contribution in [0.5, 0.6) is 5.75 Å². The standard InChI is InChI=1S/C10H7NO3/c1-6(12)11-9-7-4-2-3-5-8(7)14-10(9)13/h2-5H,1H3. The Labute approximate surface area is 80.2 Å². The average molecular weight is 189 g/mol. The fourth-order valence-corrected chi connectivity index (χ4v) is 1.27. The zero-order valence-corrected chi connectivity index (χ0v) is 7.48. The average Bonchev–Trinajstić information content (AvgIpc) is 2.43. The van der Waals surface area contributed by atoms with Crippen LogP contribution in [0.2, 0.25) is 0 Å². The maximum absolute atomic E-state index is 11.3. The first kappa shape index (κ1) is 8.62. The Hall–Kier alpha value is -1.97. The Bertz CT molecular complexity index is 448. The van der Waals surface area contributed by atoms with Gasteiger partial charge in [0.1, 0.15) is 5.75 Å². The van der Waals surface area contributed by atoms with Crippen molar-refractivity contribution in [2.24, 2.45) is 4.99 Å². The predicted octanol–water partition coefficient (Wildman–Crippen LogP) is 0.941. The number of aliphatic imine (C=N–C) groups is 1. The van der Waals surface area contributed by atoms with Crippen molar-refractivity contribution in [1.29, 1.82) is 0 Å². The van der Waals surface area contributed by atoms with Gasteiger partial charge in [-0.15, -0.1) is 0 Å². The van der Waals surface area contributed by atoms with Crippen molar-refractivity contribution in [3.8, 4) is 5.75 Å². The van der Waals surface area contributed by atoms with Gasteiger partial charge in [0.05, 0.1) is 5.56 Å². The summed E-state index contributed by atoms with van der Waals surface area (Å²) in [5.74, 6) is -0.521. The van der Waals surface area contributed by atoms with Crippen LogP contribution in [-0.4, -0.2) is 17.6 Å². The molecule has 14 heavy (non-hydrogen) atoms. The minimum absolute atomic E-state index is 0.0908. The van der Waals surface area contributed by atoms with E-state index in [2.05, 4.69) is 4.99 Å². The van der Waals surface area contributed by atoms with Gasteiger partial charge in [0.15, 0.2) is 5.71 Å². The molecule has 1 aliphatic heterocycles. The van der Waals surface area contributed by atoms with E-state index in [4.69, 9.17) is 4.74 Å². The third-order valence-corrected chi connectivity index (χ3v) is 1.81. The van der Waals surface area contributed by atoms with Crippen molar-refractivity contribution in [1.82, 2.24) is 0 Å². The fraction of sp³-hybridized carbons (Fsp3) is 0.100. The zero-order chi connectivity index (χ0) is 10.1. The first-order valence-corrected chi connectivity index (χ1v) is 4.09. The van der Waals surface area contributed by atoms with E-state index >= 15 is 0 Å². The molecule has 0 fully saturated rings. The van der Waals surface area contributed by atoms with Crippen molar-refractivity contribution in [2.45, 2.75) is 6.92 Å². The van der Waals surface area contributed by atoms with Crippen molar-refractivity contribution in [3.63, 3.8) is 0 Å². The summed E-state index contributed by atoms with van der Waals surface area (Å²) in [7, 11) is 0. The van der Waals surface area contributed by atoms with E-state index in [9.17, 15) is 9.59 Å². The summed E-state index contributed by atoms with van der Waals surface area (Å²) >= 11 is 0. The number of benzene rings is 1. The molecule has 0 N–H and O–H groups in total. The van der Waals surface area contributed by atoms with Gasteiger partial charge >= 0.3 is 5.97 Å². The summed E-state index contributed by atoms with van der Waals surface area (Å²) in [6.45, 7) is 1.29. The lowest BCUT2D eigenvalue weighted by atomic mass is 10.1. The molecule has 0 unspecified atom stereocenters. The van der Waals surface area contributed by atoms with Gasteiger partial charge in [-0.1, -0.05) is 12.1 Å². The second kappa shape index (κ2) is 3.06. The van der Waals surface area contributed by atoms with Gasteiger partial charge in [-0.25, -0.2) is 9.79 Å². The maximum Gasteiger partial charge on any atom is 0.363 e. The summed E-state index contributed by atoms with van der Waals surface area (Å²) < 4.78 is 4.90. The molecular formula is C10H7NO3. The van der Waals surface area contributed by atoms with E-state index in [1.165, 1.54) is 6.92 Å². The monoisotopic (exact) mass is 189 g/mol. The zero-order valence-electron chi connectivity index (χ0n) is 7.48. The van der Waals surface area contributed by atoms with Crippen LogP contribution in [0.15, 0.2) is 29.3 Å². The number of hydrogen-bond acceptors (Lipinski definition) is 3. The van der Waals surface area contributed by atoms with Crippen molar-refractivity contribution < 1.29 is 14.3 Å². The molecule has 1 aromatic rings. The van der Waals surface area contributed by atoms with Crippen molar-refractivity contribution >= 4 is 17.6 Å². The third kappa shape index (κ3) is 1.31. The van der Waals surface area contributed by atoms with Crippen molar-refractivity contribution in [3.05, 3.63) is 29.8 Å². The number of carbonyl (C=O) groups is 2. The largest absolute Gasteiger partial charge is 0.421 e. The lowest BCUT2D eigenvalue weighted by Crippen LogP contribution is -2.13. The molecule has 0 bridgehead atoms. The summed E-state index contributed by atoms with van der Waals surface area (Å²) in [5.41, 5.74) is 0.667. The molecule has 4 heteroatoms. The molecule has 0 aromatic heterocycles. The molecule has 0 saturated heterocycles. The van der Waals surface area contributed by atoms with Gasteiger partial charge in [-0.05, 0) is 12.1 Å². The molecule has 1 amide bonds. The molecule has 2 rings (SSSR count). The number of esters is 1. The van der Waals surface area contributed by atoms with Crippen LogP contribution in [0.1, 0.15) is 12.5 Å².